The average Bonchev–Trinajstić information content (AvgIpc) is 3.39. The van der Waals surface area contributed by atoms with Crippen LogP contribution in [0.1, 0.15) is 5.69 Å². The van der Waals surface area contributed by atoms with E-state index in [1.807, 2.05) is 59.1 Å². The van der Waals surface area contributed by atoms with Gasteiger partial charge in [-0.3, -0.25) is 15.0 Å². The van der Waals surface area contributed by atoms with E-state index in [-0.39, 0.29) is 10.6 Å². The van der Waals surface area contributed by atoms with Crippen LogP contribution in [0.15, 0.2) is 102 Å². The zero-order valence-corrected chi connectivity index (χ0v) is 23.8. The predicted molar refractivity (Wildman–Crippen MR) is 160 cm³/mol. The fourth-order valence-electron chi connectivity index (χ4n) is 5.35. The number of pyridine rings is 1. The average molecular weight is 584 g/mol. The van der Waals surface area contributed by atoms with E-state index in [2.05, 4.69) is 4.90 Å². The van der Waals surface area contributed by atoms with Crippen LogP contribution in [0.25, 0.3) is 28.0 Å². The molecule has 0 atom stereocenters. The highest BCUT2D eigenvalue weighted by molar-refractivity contribution is 7.89. The minimum atomic E-state index is -3.72. The van der Waals surface area contributed by atoms with Crippen molar-refractivity contribution in [3.05, 3.63) is 113 Å². The smallest absolute Gasteiger partial charge is 0.270 e. The number of methoxy groups -OCH3 is 1. The van der Waals surface area contributed by atoms with Crippen molar-refractivity contribution in [1.82, 2.24) is 18.6 Å². The zero-order chi connectivity index (χ0) is 29.3. The lowest BCUT2D eigenvalue weighted by Gasteiger charge is -2.34. The number of hydrogen-bond donors (Lipinski definition) is 0. The number of fused-ring (bicyclic) bond motifs is 1. The van der Waals surface area contributed by atoms with Gasteiger partial charge in [0.05, 0.1) is 23.4 Å². The molecule has 0 spiro atoms. The van der Waals surface area contributed by atoms with E-state index in [0.29, 0.717) is 49.7 Å². The molecule has 1 saturated heterocycles. The van der Waals surface area contributed by atoms with Crippen LogP contribution in [0.5, 0.6) is 5.75 Å². The second-order valence-corrected chi connectivity index (χ2v) is 12.0. The number of imidazole rings is 1. The number of benzene rings is 3. The van der Waals surface area contributed by atoms with Crippen LogP contribution in [0, 0.1) is 10.1 Å². The maximum atomic E-state index is 13.4. The first-order valence-electron chi connectivity index (χ1n) is 13.5. The van der Waals surface area contributed by atoms with Crippen LogP contribution in [-0.4, -0.2) is 65.2 Å². The summed E-state index contributed by atoms with van der Waals surface area (Å²) in [6.07, 6.45) is 2.04. The lowest BCUT2D eigenvalue weighted by molar-refractivity contribution is -0.384. The third-order valence-electron chi connectivity index (χ3n) is 7.55. The van der Waals surface area contributed by atoms with E-state index in [1.165, 1.54) is 17.5 Å². The summed E-state index contributed by atoms with van der Waals surface area (Å²) in [6, 6.07) is 27.1. The molecule has 1 aliphatic heterocycles. The first-order chi connectivity index (χ1) is 20.3. The molecular weight excluding hydrogens is 554 g/mol. The van der Waals surface area contributed by atoms with Crippen LogP contribution in [0.3, 0.4) is 0 Å². The molecule has 0 N–H and O–H groups in total. The van der Waals surface area contributed by atoms with Crippen molar-refractivity contribution < 1.29 is 18.1 Å². The summed E-state index contributed by atoms with van der Waals surface area (Å²) in [5.74, 6) is 0.321. The molecule has 3 aromatic carbocycles. The Morgan fingerprint density at radius 3 is 2.31 bits per heavy atom. The van der Waals surface area contributed by atoms with E-state index < -0.39 is 14.9 Å². The Morgan fingerprint density at radius 2 is 1.57 bits per heavy atom. The summed E-state index contributed by atoms with van der Waals surface area (Å²) < 4.78 is 35.7. The van der Waals surface area contributed by atoms with Crippen LogP contribution in [-0.2, 0) is 16.6 Å². The SMILES string of the molecule is COc1ccccc1S(=O)(=O)N1CCN(Cc2c(-c3cccc([N+](=O)[O-])c3)nc3ccc(-c4ccccc4)cn23)CC1. The van der Waals surface area contributed by atoms with E-state index in [1.54, 1.807) is 36.4 Å². The monoisotopic (exact) mass is 583 g/mol. The van der Waals surface area contributed by atoms with E-state index in [9.17, 15) is 18.5 Å². The van der Waals surface area contributed by atoms with Gasteiger partial charge in [-0.05, 0) is 35.4 Å². The van der Waals surface area contributed by atoms with Crippen LogP contribution in [0.2, 0.25) is 0 Å². The van der Waals surface area contributed by atoms with Gasteiger partial charge in [-0.1, -0.05) is 54.6 Å². The maximum absolute atomic E-state index is 13.4. The number of para-hydroxylation sites is 1. The number of sulfonamides is 1. The number of rotatable bonds is 8. The van der Waals surface area contributed by atoms with Crippen molar-refractivity contribution in [3.8, 4) is 28.1 Å². The van der Waals surface area contributed by atoms with Crippen molar-refractivity contribution >= 4 is 21.4 Å². The normalized spacial score (nSPS) is 14.7. The molecule has 0 bridgehead atoms. The first-order valence-corrected chi connectivity index (χ1v) is 15.0. The van der Waals surface area contributed by atoms with Crippen LogP contribution >= 0.6 is 0 Å². The van der Waals surface area contributed by atoms with Crippen molar-refractivity contribution in [2.24, 2.45) is 0 Å². The minimum absolute atomic E-state index is 0.00404. The topological polar surface area (TPSA) is 110 Å². The molecule has 0 saturated carbocycles. The number of nitro groups is 1. The number of ether oxygens (including phenoxy) is 1. The number of nitrogens with zero attached hydrogens (tertiary/aromatic N) is 5. The largest absolute Gasteiger partial charge is 0.495 e. The third-order valence-corrected chi connectivity index (χ3v) is 9.48. The zero-order valence-electron chi connectivity index (χ0n) is 23.0. The standard InChI is InChI=1S/C31H29N5O5S/c1-41-28-12-5-6-13-29(28)42(39,40)34-18-16-33(17-19-34)22-27-31(24-10-7-11-26(20-24)36(37)38)32-30-15-14-25(21-35(27)30)23-8-3-2-4-9-23/h2-15,20-21H,16-19,22H2,1H3. The molecule has 10 nitrogen and oxygen atoms in total. The van der Waals surface area contributed by atoms with Crippen molar-refractivity contribution in [1.29, 1.82) is 0 Å². The number of piperazine rings is 1. The molecule has 3 heterocycles. The third kappa shape index (κ3) is 5.25. The van der Waals surface area contributed by atoms with E-state index in [4.69, 9.17) is 9.72 Å². The maximum Gasteiger partial charge on any atom is 0.270 e. The number of non-ortho nitro benzene ring substituents is 1. The summed E-state index contributed by atoms with van der Waals surface area (Å²) >= 11 is 0. The van der Waals surface area contributed by atoms with Gasteiger partial charge in [-0.2, -0.15) is 4.31 Å². The number of aromatic nitrogens is 2. The van der Waals surface area contributed by atoms with E-state index in [0.717, 1.165) is 22.5 Å². The number of nitro benzene ring substituents is 1. The van der Waals surface area contributed by atoms with Crippen molar-refractivity contribution in [2.75, 3.05) is 33.3 Å². The van der Waals surface area contributed by atoms with Gasteiger partial charge in [0, 0.05) is 56.6 Å². The highest BCUT2D eigenvalue weighted by atomic mass is 32.2. The highest BCUT2D eigenvalue weighted by Gasteiger charge is 2.31. The van der Waals surface area contributed by atoms with Gasteiger partial charge in [-0.15, -0.1) is 0 Å². The second-order valence-electron chi connectivity index (χ2n) is 10.1. The molecular formula is C31H29N5O5S. The van der Waals surface area contributed by atoms with Gasteiger partial charge in [-0.25, -0.2) is 13.4 Å². The van der Waals surface area contributed by atoms with Gasteiger partial charge >= 0.3 is 0 Å². The highest BCUT2D eigenvalue weighted by Crippen LogP contribution is 2.31. The Kier molecular flexibility index (Phi) is 7.46. The lowest BCUT2D eigenvalue weighted by atomic mass is 10.1. The molecule has 1 fully saturated rings. The molecule has 0 radical (unpaired) electrons. The summed E-state index contributed by atoms with van der Waals surface area (Å²) in [5.41, 5.74) is 4.99. The van der Waals surface area contributed by atoms with Gasteiger partial charge in [0.25, 0.3) is 5.69 Å². The molecule has 42 heavy (non-hydrogen) atoms. The fraction of sp³-hybridized carbons (Fsp3) is 0.194. The summed E-state index contributed by atoms with van der Waals surface area (Å²) in [7, 11) is -2.26. The summed E-state index contributed by atoms with van der Waals surface area (Å²) in [5, 5.41) is 11.5. The predicted octanol–water partition coefficient (Wildman–Crippen LogP) is 5.09. The van der Waals surface area contributed by atoms with Gasteiger partial charge in [0.1, 0.15) is 16.3 Å². The molecule has 0 aliphatic carbocycles. The second kappa shape index (κ2) is 11.4. The Bertz CT molecular complexity index is 1870. The van der Waals surface area contributed by atoms with Gasteiger partial charge in [0.2, 0.25) is 10.0 Å². The molecule has 2 aromatic heterocycles. The Hall–Kier alpha value is -4.58. The Morgan fingerprint density at radius 1 is 0.857 bits per heavy atom. The molecule has 214 valence electrons. The molecule has 0 unspecified atom stereocenters. The molecule has 0 amide bonds. The van der Waals surface area contributed by atoms with Gasteiger partial charge in [0.15, 0.2) is 0 Å². The molecule has 1 aliphatic rings. The molecule has 11 heteroatoms. The van der Waals surface area contributed by atoms with Crippen LogP contribution < -0.4 is 4.74 Å². The summed E-state index contributed by atoms with van der Waals surface area (Å²) in [6.45, 7) is 2.14. The molecule has 5 aromatic rings. The fourth-order valence-corrected chi connectivity index (χ4v) is 6.93. The first kappa shape index (κ1) is 27.6. The number of hydrogen-bond acceptors (Lipinski definition) is 7. The van der Waals surface area contributed by atoms with Crippen LogP contribution in [0.4, 0.5) is 5.69 Å². The van der Waals surface area contributed by atoms with Crippen molar-refractivity contribution in [3.63, 3.8) is 0 Å². The minimum Gasteiger partial charge on any atom is -0.495 e. The Balaban J connectivity index is 1.33. The van der Waals surface area contributed by atoms with E-state index >= 15 is 0 Å². The Labute approximate surface area is 243 Å². The van der Waals surface area contributed by atoms with Crippen molar-refractivity contribution in [2.45, 2.75) is 11.4 Å². The summed E-state index contributed by atoms with van der Waals surface area (Å²) in [4.78, 5) is 18.4. The molecule has 6 rings (SSSR count). The quantitative estimate of drug-likeness (QED) is 0.185. The lowest BCUT2D eigenvalue weighted by Crippen LogP contribution is -2.48. The van der Waals surface area contributed by atoms with Gasteiger partial charge < -0.3 is 9.14 Å².